The van der Waals surface area contributed by atoms with Crippen LogP contribution in [0.2, 0.25) is 0 Å². The molecule has 4 heteroatoms. The van der Waals surface area contributed by atoms with E-state index < -0.39 is 7.12 Å². The van der Waals surface area contributed by atoms with Crippen LogP contribution < -0.4 is 5.46 Å². The highest BCUT2D eigenvalue weighted by Gasteiger charge is 2.27. The van der Waals surface area contributed by atoms with Crippen molar-refractivity contribution in [3.05, 3.63) is 29.8 Å². The van der Waals surface area contributed by atoms with Crippen LogP contribution in [0.4, 0.5) is 0 Å². The number of likely N-dealkylation sites (tertiary alicyclic amines) is 1. The minimum atomic E-state index is -1.38. The number of hydrogen-bond acceptors (Lipinski definition) is 3. The molecule has 1 heterocycles. The molecule has 3 nitrogen and oxygen atoms in total. The average molecular weight is 247 g/mol. The summed E-state index contributed by atoms with van der Waals surface area (Å²) in [5.41, 5.74) is 2.01. The summed E-state index contributed by atoms with van der Waals surface area (Å²) in [7, 11) is -1.38. The van der Waals surface area contributed by atoms with Crippen LogP contribution in [0.3, 0.4) is 0 Å². The maximum Gasteiger partial charge on any atom is 0.488 e. The van der Waals surface area contributed by atoms with Gasteiger partial charge in [0.1, 0.15) is 0 Å². The lowest BCUT2D eigenvalue weighted by Crippen LogP contribution is -2.42. The standard InChI is InChI=1S/C14H22BNO2/c1-14(2)8-5-9-16(11-14)10-12-6-3-4-7-13(12)15(17)18/h3-4,6-7,17-18H,5,8-11H2,1-2H3. The molecule has 0 bridgehead atoms. The highest BCUT2D eigenvalue weighted by Crippen LogP contribution is 2.28. The van der Waals surface area contributed by atoms with Gasteiger partial charge in [0, 0.05) is 13.1 Å². The molecule has 2 rings (SSSR count). The first-order valence-corrected chi connectivity index (χ1v) is 6.64. The first-order chi connectivity index (χ1) is 8.48. The van der Waals surface area contributed by atoms with Crippen LogP contribution in [0.1, 0.15) is 32.3 Å². The lowest BCUT2D eigenvalue weighted by Gasteiger charge is -2.38. The molecule has 1 aliphatic heterocycles. The monoisotopic (exact) mass is 247 g/mol. The molecule has 0 amide bonds. The van der Waals surface area contributed by atoms with Gasteiger partial charge in [0.15, 0.2) is 0 Å². The molecule has 0 unspecified atom stereocenters. The Bertz CT molecular complexity index is 407. The molecule has 1 aromatic carbocycles. The SMILES string of the molecule is CC1(C)CCCN(Cc2ccccc2B(O)O)C1. The lowest BCUT2D eigenvalue weighted by molar-refractivity contribution is 0.112. The second-order valence-electron chi connectivity index (χ2n) is 6.05. The molecule has 2 N–H and O–H groups in total. The second kappa shape index (κ2) is 5.43. The van der Waals surface area contributed by atoms with Crippen molar-refractivity contribution in [1.29, 1.82) is 0 Å². The van der Waals surface area contributed by atoms with Gasteiger partial charge < -0.3 is 10.0 Å². The molecule has 1 saturated heterocycles. The normalized spacial score (nSPS) is 19.8. The Morgan fingerprint density at radius 2 is 2.00 bits per heavy atom. The Balaban J connectivity index is 2.09. The van der Waals surface area contributed by atoms with E-state index in [9.17, 15) is 10.0 Å². The van der Waals surface area contributed by atoms with Crippen LogP contribution in [0.25, 0.3) is 0 Å². The van der Waals surface area contributed by atoms with E-state index in [0.717, 1.165) is 25.2 Å². The number of nitrogens with zero attached hydrogens (tertiary/aromatic N) is 1. The summed E-state index contributed by atoms with van der Waals surface area (Å²) < 4.78 is 0. The molecule has 98 valence electrons. The smallest absolute Gasteiger partial charge is 0.423 e. The van der Waals surface area contributed by atoms with E-state index in [-0.39, 0.29) is 0 Å². The van der Waals surface area contributed by atoms with Crippen molar-refractivity contribution < 1.29 is 10.0 Å². The van der Waals surface area contributed by atoms with Gasteiger partial charge in [-0.2, -0.15) is 0 Å². The molecule has 1 fully saturated rings. The predicted octanol–water partition coefficient (Wildman–Crippen LogP) is 0.988. The Morgan fingerprint density at radius 1 is 1.28 bits per heavy atom. The van der Waals surface area contributed by atoms with Crippen molar-refractivity contribution >= 4 is 12.6 Å². The minimum absolute atomic E-state index is 0.366. The van der Waals surface area contributed by atoms with Crippen LogP contribution in [0.15, 0.2) is 24.3 Å². The highest BCUT2D eigenvalue weighted by molar-refractivity contribution is 6.59. The van der Waals surface area contributed by atoms with Crippen LogP contribution in [0.5, 0.6) is 0 Å². The molecule has 0 atom stereocenters. The van der Waals surface area contributed by atoms with E-state index in [4.69, 9.17) is 0 Å². The zero-order chi connectivity index (χ0) is 13.2. The Labute approximate surface area is 110 Å². The van der Waals surface area contributed by atoms with Gasteiger partial charge in [-0.25, -0.2) is 0 Å². The topological polar surface area (TPSA) is 43.7 Å². The zero-order valence-electron chi connectivity index (χ0n) is 11.3. The summed E-state index contributed by atoms with van der Waals surface area (Å²) in [5.74, 6) is 0. The van der Waals surface area contributed by atoms with Gasteiger partial charge in [0.05, 0.1) is 0 Å². The summed E-state index contributed by atoms with van der Waals surface area (Å²) in [6, 6.07) is 7.57. The van der Waals surface area contributed by atoms with Crippen molar-refractivity contribution in [2.75, 3.05) is 13.1 Å². The Morgan fingerprint density at radius 3 is 2.67 bits per heavy atom. The number of benzene rings is 1. The quantitative estimate of drug-likeness (QED) is 0.783. The summed E-state index contributed by atoms with van der Waals surface area (Å²) in [6.07, 6.45) is 2.49. The first kappa shape index (κ1) is 13.6. The highest BCUT2D eigenvalue weighted by atomic mass is 16.4. The van der Waals surface area contributed by atoms with Crippen LogP contribution in [-0.2, 0) is 6.54 Å². The first-order valence-electron chi connectivity index (χ1n) is 6.64. The molecule has 0 aliphatic carbocycles. The number of hydrogen-bond donors (Lipinski definition) is 2. The van der Waals surface area contributed by atoms with E-state index in [2.05, 4.69) is 18.7 Å². The van der Waals surface area contributed by atoms with Crippen molar-refractivity contribution in [3.63, 3.8) is 0 Å². The maximum absolute atomic E-state index is 9.37. The third-order valence-corrected chi connectivity index (χ3v) is 3.71. The number of piperidine rings is 1. The summed E-state index contributed by atoms with van der Waals surface area (Å²) in [5, 5.41) is 18.7. The zero-order valence-corrected chi connectivity index (χ0v) is 11.3. The van der Waals surface area contributed by atoms with Crippen molar-refractivity contribution in [2.24, 2.45) is 5.41 Å². The van der Waals surface area contributed by atoms with Crippen molar-refractivity contribution in [3.8, 4) is 0 Å². The molecule has 0 aromatic heterocycles. The van der Waals surface area contributed by atoms with Gasteiger partial charge in [-0.1, -0.05) is 38.1 Å². The van der Waals surface area contributed by atoms with Crippen molar-refractivity contribution in [2.45, 2.75) is 33.2 Å². The maximum atomic E-state index is 9.37. The van der Waals surface area contributed by atoms with E-state index in [1.807, 2.05) is 18.2 Å². The fourth-order valence-corrected chi connectivity index (χ4v) is 2.85. The number of rotatable bonds is 3. The lowest BCUT2D eigenvalue weighted by atomic mass is 9.76. The summed E-state index contributed by atoms with van der Waals surface area (Å²) in [4.78, 5) is 2.41. The molecule has 0 radical (unpaired) electrons. The fourth-order valence-electron chi connectivity index (χ4n) is 2.85. The van der Waals surface area contributed by atoms with Gasteiger partial charge in [-0.15, -0.1) is 0 Å². The van der Waals surface area contributed by atoms with Crippen LogP contribution >= 0.6 is 0 Å². The molecular formula is C14H22BNO2. The third kappa shape index (κ3) is 3.34. The Hall–Kier alpha value is -0.835. The molecule has 0 saturated carbocycles. The van der Waals surface area contributed by atoms with Crippen molar-refractivity contribution in [1.82, 2.24) is 4.90 Å². The average Bonchev–Trinajstić information content (AvgIpc) is 2.28. The second-order valence-corrected chi connectivity index (χ2v) is 6.05. The third-order valence-electron chi connectivity index (χ3n) is 3.71. The fraction of sp³-hybridized carbons (Fsp3) is 0.571. The van der Waals surface area contributed by atoms with Gasteiger partial charge >= 0.3 is 7.12 Å². The molecule has 1 aromatic rings. The summed E-state index contributed by atoms with van der Waals surface area (Å²) in [6.45, 7) is 7.57. The molecule has 1 aliphatic rings. The van der Waals surface area contributed by atoms with E-state index in [1.54, 1.807) is 6.07 Å². The minimum Gasteiger partial charge on any atom is -0.423 e. The van der Waals surface area contributed by atoms with E-state index in [0.29, 0.717) is 10.9 Å². The van der Waals surface area contributed by atoms with E-state index in [1.165, 1.54) is 12.8 Å². The van der Waals surface area contributed by atoms with Crippen LogP contribution in [0, 0.1) is 5.41 Å². The van der Waals surface area contributed by atoms with Gasteiger partial charge in [0.2, 0.25) is 0 Å². The summed E-state index contributed by atoms with van der Waals surface area (Å²) >= 11 is 0. The van der Waals surface area contributed by atoms with Gasteiger partial charge in [-0.05, 0) is 35.8 Å². The molecular weight excluding hydrogens is 225 g/mol. The molecule has 0 spiro atoms. The van der Waals surface area contributed by atoms with Gasteiger partial charge in [0.25, 0.3) is 0 Å². The van der Waals surface area contributed by atoms with Crippen LogP contribution in [-0.4, -0.2) is 35.2 Å². The van der Waals surface area contributed by atoms with E-state index >= 15 is 0 Å². The molecule has 18 heavy (non-hydrogen) atoms. The Kier molecular flexibility index (Phi) is 4.10. The predicted molar refractivity (Wildman–Crippen MR) is 74.6 cm³/mol. The van der Waals surface area contributed by atoms with Gasteiger partial charge in [-0.3, -0.25) is 4.90 Å². The largest absolute Gasteiger partial charge is 0.488 e.